The molecule has 2 aromatic heterocycles. The monoisotopic (exact) mass is 456 g/mol. The minimum Gasteiger partial charge on any atom is -0.393 e. The summed E-state index contributed by atoms with van der Waals surface area (Å²) in [6.07, 6.45) is 6.90. The zero-order valence-corrected chi connectivity index (χ0v) is 18.0. The first-order valence-electron chi connectivity index (χ1n) is 10.7. The number of aliphatic hydroxyl groups is 1. The van der Waals surface area contributed by atoms with Gasteiger partial charge in [0.25, 0.3) is 0 Å². The van der Waals surface area contributed by atoms with E-state index in [-0.39, 0.29) is 35.3 Å². The Labute approximate surface area is 189 Å². The topological polar surface area (TPSA) is 95.3 Å². The van der Waals surface area contributed by atoms with E-state index < -0.39 is 5.82 Å². The van der Waals surface area contributed by atoms with Gasteiger partial charge < -0.3 is 10.0 Å². The van der Waals surface area contributed by atoms with Gasteiger partial charge in [-0.2, -0.15) is 0 Å². The summed E-state index contributed by atoms with van der Waals surface area (Å²) in [6.45, 7) is 1.88. The van der Waals surface area contributed by atoms with Crippen LogP contribution in [0.25, 0.3) is 10.9 Å². The van der Waals surface area contributed by atoms with E-state index in [9.17, 15) is 14.3 Å². The predicted molar refractivity (Wildman–Crippen MR) is 118 cm³/mol. The van der Waals surface area contributed by atoms with Crippen molar-refractivity contribution in [2.75, 3.05) is 29.4 Å². The van der Waals surface area contributed by atoms with E-state index in [1.54, 1.807) is 17.3 Å². The Balaban J connectivity index is 1.36. The van der Waals surface area contributed by atoms with Crippen molar-refractivity contribution in [2.24, 2.45) is 0 Å². The fraction of sp³-hybridized carbons (Fsp3) is 0.409. The van der Waals surface area contributed by atoms with Gasteiger partial charge in [0.15, 0.2) is 5.82 Å². The number of rotatable bonds is 3. The van der Waals surface area contributed by atoms with Gasteiger partial charge in [0.1, 0.15) is 5.82 Å². The van der Waals surface area contributed by atoms with E-state index in [4.69, 9.17) is 11.6 Å². The Morgan fingerprint density at radius 1 is 1.06 bits per heavy atom. The molecule has 0 spiro atoms. The first-order valence-corrected chi connectivity index (χ1v) is 11.0. The number of aromatic nitrogens is 4. The van der Waals surface area contributed by atoms with Gasteiger partial charge >= 0.3 is 0 Å². The lowest BCUT2D eigenvalue weighted by atomic mass is 9.92. The molecular weight excluding hydrogens is 435 g/mol. The van der Waals surface area contributed by atoms with Crippen molar-refractivity contribution in [2.45, 2.75) is 37.7 Å². The molecule has 5 rings (SSSR count). The molecule has 8 nitrogen and oxygen atoms in total. The summed E-state index contributed by atoms with van der Waals surface area (Å²) in [5, 5.41) is 10.3. The first kappa shape index (κ1) is 21.0. The van der Waals surface area contributed by atoms with Crippen LogP contribution in [-0.4, -0.2) is 56.7 Å². The number of hydrogen-bond acceptors (Lipinski definition) is 7. The van der Waals surface area contributed by atoms with Crippen LogP contribution >= 0.6 is 11.6 Å². The van der Waals surface area contributed by atoms with Gasteiger partial charge in [0, 0.05) is 55.9 Å². The molecule has 3 aromatic rings. The summed E-state index contributed by atoms with van der Waals surface area (Å²) < 4.78 is 13.7. The van der Waals surface area contributed by atoms with Crippen molar-refractivity contribution in [1.82, 2.24) is 19.9 Å². The lowest BCUT2D eigenvalue weighted by Crippen LogP contribution is -2.41. The Morgan fingerprint density at radius 2 is 1.84 bits per heavy atom. The molecule has 10 heteroatoms. The lowest BCUT2D eigenvalue weighted by Gasteiger charge is -2.34. The van der Waals surface area contributed by atoms with Crippen LogP contribution in [0.5, 0.6) is 0 Å². The number of aliphatic hydroxyl groups excluding tert-OH is 1. The molecule has 32 heavy (non-hydrogen) atoms. The fourth-order valence-electron chi connectivity index (χ4n) is 4.37. The second-order valence-electron chi connectivity index (χ2n) is 8.21. The smallest absolute Gasteiger partial charge is 0.232 e. The molecule has 1 atom stereocenters. The van der Waals surface area contributed by atoms with Gasteiger partial charge in [0.05, 0.1) is 22.3 Å². The van der Waals surface area contributed by atoms with Gasteiger partial charge in [-0.05, 0) is 31.4 Å². The van der Waals surface area contributed by atoms with Gasteiger partial charge in [-0.25, -0.2) is 19.3 Å². The Hall–Kier alpha value is -2.91. The molecule has 2 aliphatic rings. The highest BCUT2D eigenvalue weighted by Crippen LogP contribution is 2.34. The Morgan fingerprint density at radius 3 is 2.62 bits per heavy atom. The van der Waals surface area contributed by atoms with Crippen molar-refractivity contribution in [3.05, 3.63) is 47.3 Å². The molecule has 0 bridgehead atoms. The standard InChI is InChI=1S/C22H22ClFN6O2/c23-16-11-18-14(9-17(16)24)12-27-22(28-18)30-8-1-13(10-19(30)32)20-21(26-5-4-25-20)29-6-2-15(31)3-7-29/h4-5,9,11-13,15,31H,1-3,6-8,10H2. The summed E-state index contributed by atoms with van der Waals surface area (Å²) in [4.78, 5) is 34.5. The van der Waals surface area contributed by atoms with E-state index >= 15 is 0 Å². The molecule has 2 fully saturated rings. The van der Waals surface area contributed by atoms with Crippen LogP contribution in [0.1, 0.15) is 37.3 Å². The van der Waals surface area contributed by atoms with Gasteiger partial charge in [-0.3, -0.25) is 14.7 Å². The number of fused-ring (bicyclic) bond motifs is 1. The molecule has 1 aromatic carbocycles. The lowest BCUT2D eigenvalue weighted by molar-refractivity contribution is -0.120. The van der Waals surface area contributed by atoms with E-state index in [1.807, 2.05) is 0 Å². The highest BCUT2D eigenvalue weighted by atomic mass is 35.5. The maximum Gasteiger partial charge on any atom is 0.232 e. The van der Waals surface area contributed by atoms with E-state index in [0.717, 1.165) is 11.5 Å². The number of piperidine rings is 2. The molecular formula is C22H22ClFN6O2. The average molecular weight is 457 g/mol. The van der Waals surface area contributed by atoms with E-state index in [1.165, 1.54) is 18.3 Å². The second-order valence-corrected chi connectivity index (χ2v) is 8.62. The van der Waals surface area contributed by atoms with E-state index in [0.29, 0.717) is 49.8 Å². The zero-order chi connectivity index (χ0) is 22.2. The number of carbonyl (C=O) groups excluding carboxylic acids is 1. The molecule has 1 unspecified atom stereocenters. The van der Waals surface area contributed by atoms with Crippen molar-refractivity contribution in [1.29, 1.82) is 0 Å². The van der Waals surface area contributed by atoms with Gasteiger partial charge in [-0.15, -0.1) is 0 Å². The summed E-state index contributed by atoms with van der Waals surface area (Å²) in [5.41, 5.74) is 1.30. The molecule has 1 amide bonds. The molecule has 0 radical (unpaired) electrons. The third kappa shape index (κ3) is 3.98. The highest BCUT2D eigenvalue weighted by Gasteiger charge is 2.33. The minimum absolute atomic E-state index is 0.0207. The summed E-state index contributed by atoms with van der Waals surface area (Å²) in [5.74, 6) is 0.394. The third-order valence-corrected chi connectivity index (χ3v) is 6.42. The number of hydrogen-bond donors (Lipinski definition) is 1. The van der Waals surface area contributed by atoms with Gasteiger partial charge in [-0.1, -0.05) is 11.6 Å². The van der Waals surface area contributed by atoms with Crippen molar-refractivity contribution < 1.29 is 14.3 Å². The highest BCUT2D eigenvalue weighted by molar-refractivity contribution is 6.31. The van der Waals surface area contributed by atoms with Crippen LogP contribution < -0.4 is 9.80 Å². The fourth-order valence-corrected chi connectivity index (χ4v) is 4.53. The molecule has 0 aliphatic carbocycles. The van der Waals surface area contributed by atoms with Crippen LogP contribution in [0.3, 0.4) is 0 Å². The summed E-state index contributed by atoms with van der Waals surface area (Å²) >= 11 is 5.88. The number of anilines is 2. The Kier molecular flexibility index (Phi) is 5.60. The zero-order valence-electron chi connectivity index (χ0n) is 17.3. The van der Waals surface area contributed by atoms with Crippen molar-refractivity contribution in [3.63, 3.8) is 0 Å². The second kappa shape index (κ2) is 8.55. The van der Waals surface area contributed by atoms with Crippen molar-refractivity contribution in [3.8, 4) is 0 Å². The largest absolute Gasteiger partial charge is 0.393 e. The van der Waals surface area contributed by atoms with Crippen molar-refractivity contribution >= 4 is 40.2 Å². The molecule has 0 saturated carbocycles. The van der Waals surface area contributed by atoms with Gasteiger partial charge in [0.2, 0.25) is 11.9 Å². The number of nitrogens with zero attached hydrogens (tertiary/aromatic N) is 6. The Bertz CT molecular complexity index is 1170. The third-order valence-electron chi connectivity index (χ3n) is 6.13. The normalized spacial score (nSPS) is 20.2. The van der Waals surface area contributed by atoms with Crippen LogP contribution in [0.4, 0.5) is 16.2 Å². The molecule has 166 valence electrons. The SMILES string of the molecule is O=C1CC(c2nccnc2N2CCC(O)CC2)CCN1c1ncc2cc(F)c(Cl)cc2n1. The average Bonchev–Trinajstić information content (AvgIpc) is 2.80. The van der Waals surface area contributed by atoms with E-state index in [2.05, 4.69) is 24.8 Å². The summed E-state index contributed by atoms with van der Waals surface area (Å²) in [6, 6.07) is 2.72. The van der Waals surface area contributed by atoms with Crippen LogP contribution in [0.2, 0.25) is 5.02 Å². The number of halogens is 2. The molecule has 1 N–H and O–H groups in total. The quantitative estimate of drug-likeness (QED) is 0.647. The first-order chi connectivity index (χ1) is 15.5. The predicted octanol–water partition coefficient (Wildman–Crippen LogP) is 3.08. The number of carbonyl (C=O) groups is 1. The van der Waals surface area contributed by atoms with Crippen LogP contribution in [0, 0.1) is 5.82 Å². The minimum atomic E-state index is -0.532. The number of amides is 1. The van der Waals surface area contributed by atoms with Crippen LogP contribution in [-0.2, 0) is 4.79 Å². The number of benzene rings is 1. The molecule has 2 saturated heterocycles. The molecule has 2 aliphatic heterocycles. The maximum absolute atomic E-state index is 13.7. The summed E-state index contributed by atoms with van der Waals surface area (Å²) in [7, 11) is 0. The molecule has 4 heterocycles. The maximum atomic E-state index is 13.7. The van der Waals surface area contributed by atoms with Crippen LogP contribution in [0.15, 0.2) is 30.7 Å².